The van der Waals surface area contributed by atoms with Gasteiger partial charge in [0.2, 0.25) is 0 Å². The molecule has 0 aliphatic rings. The van der Waals surface area contributed by atoms with E-state index in [1.54, 1.807) is 6.20 Å². The first-order valence-electron chi connectivity index (χ1n) is 7.66. The third-order valence-electron chi connectivity index (χ3n) is 3.57. The first kappa shape index (κ1) is 15.7. The van der Waals surface area contributed by atoms with Gasteiger partial charge in [0.15, 0.2) is 0 Å². The Balaban J connectivity index is 2.09. The van der Waals surface area contributed by atoms with Crippen LogP contribution in [0, 0.1) is 0 Å². The number of rotatable bonds is 8. The van der Waals surface area contributed by atoms with Crippen LogP contribution in [0.3, 0.4) is 0 Å². The van der Waals surface area contributed by atoms with Crippen LogP contribution in [-0.4, -0.2) is 34.7 Å². The van der Waals surface area contributed by atoms with Crippen LogP contribution in [0.5, 0.6) is 0 Å². The van der Waals surface area contributed by atoms with Crippen molar-refractivity contribution in [2.75, 3.05) is 19.7 Å². The fraction of sp³-hybridized carbons (Fsp3) is 0.389. The van der Waals surface area contributed by atoms with Gasteiger partial charge in [-0.15, -0.1) is 0 Å². The number of aromatic nitrogens is 1. The molecule has 0 aliphatic carbocycles. The van der Waals surface area contributed by atoms with E-state index in [9.17, 15) is 5.11 Å². The predicted octanol–water partition coefficient (Wildman–Crippen LogP) is 3.34. The van der Waals surface area contributed by atoms with Crippen molar-refractivity contribution < 1.29 is 5.11 Å². The third kappa shape index (κ3) is 4.96. The highest BCUT2D eigenvalue weighted by atomic mass is 16.3. The molecular formula is C18H24N2O. The van der Waals surface area contributed by atoms with Gasteiger partial charge < -0.3 is 5.11 Å². The lowest BCUT2D eigenvalue weighted by Gasteiger charge is -2.21. The van der Waals surface area contributed by atoms with Gasteiger partial charge in [0.1, 0.15) is 0 Å². The molecule has 1 aromatic heterocycles. The number of hydrogen-bond acceptors (Lipinski definition) is 3. The summed E-state index contributed by atoms with van der Waals surface area (Å²) in [6.07, 6.45) is 6.03. The van der Waals surface area contributed by atoms with E-state index in [4.69, 9.17) is 0 Å². The summed E-state index contributed by atoms with van der Waals surface area (Å²) in [5, 5.41) is 9.20. The average molecular weight is 284 g/mol. The summed E-state index contributed by atoms with van der Waals surface area (Å²) in [4.78, 5) is 6.49. The van der Waals surface area contributed by atoms with Crippen molar-refractivity contribution in [3.05, 3.63) is 54.4 Å². The summed E-state index contributed by atoms with van der Waals surface area (Å²) >= 11 is 0. The Bertz CT molecular complexity index is 528. The maximum atomic E-state index is 9.20. The molecule has 0 aliphatic heterocycles. The SMILES string of the molecule is CCCCN(CCO)Cc1cccc(-c2cccnc2)c1. The van der Waals surface area contributed by atoms with Crippen LogP contribution in [0.2, 0.25) is 0 Å². The maximum absolute atomic E-state index is 9.20. The topological polar surface area (TPSA) is 36.4 Å². The molecule has 0 atom stereocenters. The second kappa shape index (κ2) is 8.55. The van der Waals surface area contributed by atoms with Crippen LogP contribution >= 0.6 is 0 Å². The molecule has 1 N–H and O–H groups in total. The average Bonchev–Trinajstić information content (AvgIpc) is 2.54. The van der Waals surface area contributed by atoms with E-state index < -0.39 is 0 Å². The summed E-state index contributed by atoms with van der Waals surface area (Å²) in [6, 6.07) is 12.6. The molecule has 3 nitrogen and oxygen atoms in total. The Labute approximate surface area is 127 Å². The number of pyridine rings is 1. The zero-order chi connectivity index (χ0) is 14.9. The van der Waals surface area contributed by atoms with Crippen molar-refractivity contribution in [2.45, 2.75) is 26.3 Å². The molecule has 2 aromatic rings. The number of aliphatic hydroxyl groups is 1. The molecule has 0 fully saturated rings. The molecule has 1 aromatic carbocycles. The number of nitrogens with zero attached hydrogens (tertiary/aromatic N) is 2. The standard InChI is InChI=1S/C18H24N2O/c1-2-3-10-20(11-12-21)15-16-6-4-7-17(13-16)18-8-5-9-19-14-18/h4-9,13-14,21H,2-3,10-12,15H2,1H3. The molecule has 1 heterocycles. The monoisotopic (exact) mass is 284 g/mol. The number of unbranched alkanes of at least 4 members (excludes halogenated alkanes) is 1. The van der Waals surface area contributed by atoms with Crippen LogP contribution in [0.1, 0.15) is 25.3 Å². The zero-order valence-electron chi connectivity index (χ0n) is 12.7. The highest BCUT2D eigenvalue weighted by molar-refractivity contribution is 5.62. The molecule has 0 radical (unpaired) electrons. The van der Waals surface area contributed by atoms with E-state index in [-0.39, 0.29) is 6.61 Å². The summed E-state index contributed by atoms with van der Waals surface area (Å²) in [5.41, 5.74) is 3.61. The molecule has 0 saturated carbocycles. The first-order valence-corrected chi connectivity index (χ1v) is 7.66. The summed E-state index contributed by atoms with van der Waals surface area (Å²) in [7, 11) is 0. The molecule has 0 saturated heterocycles. The molecule has 2 rings (SSSR count). The quantitative estimate of drug-likeness (QED) is 0.807. The lowest BCUT2D eigenvalue weighted by molar-refractivity contribution is 0.188. The largest absolute Gasteiger partial charge is 0.395 e. The van der Waals surface area contributed by atoms with Crippen molar-refractivity contribution >= 4 is 0 Å². The highest BCUT2D eigenvalue weighted by Gasteiger charge is 2.06. The second-order valence-electron chi connectivity index (χ2n) is 5.30. The Hall–Kier alpha value is -1.71. The van der Waals surface area contributed by atoms with E-state index >= 15 is 0 Å². The van der Waals surface area contributed by atoms with Gasteiger partial charge in [-0.3, -0.25) is 9.88 Å². The normalized spacial score (nSPS) is 11.0. The number of aliphatic hydroxyl groups excluding tert-OH is 1. The van der Waals surface area contributed by atoms with E-state index in [2.05, 4.69) is 47.1 Å². The van der Waals surface area contributed by atoms with Crippen LogP contribution < -0.4 is 0 Å². The Morgan fingerprint density at radius 1 is 1.10 bits per heavy atom. The van der Waals surface area contributed by atoms with Gasteiger partial charge >= 0.3 is 0 Å². The summed E-state index contributed by atoms with van der Waals surface area (Å²) in [6.45, 7) is 5.06. The molecular weight excluding hydrogens is 260 g/mol. The molecule has 0 bridgehead atoms. The van der Waals surface area contributed by atoms with Crippen LogP contribution in [-0.2, 0) is 6.54 Å². The van der Waals surface area contributed by atoms with Gasteiger partial charge in [-0.2, -0.15) is 0 Å². The number of benzene rings is 1. The maximum Gasteiger partial charge on any atom is 0.0558 e. The van der Waals surface area contributed by atoms with Crippen LogP contribution in [0.25, 0.3) is 11.1 Å². The summed E-state index contributed by atoms with van der Waals surface area (Å²) in [5.74, 6) is 0. The van der Waals surface area contributed by atoms with Crippen molar-refractivity contribution in [1.82, 2.24) is 9.88 Å². The molecule has 21 heavy (non-hydrogen) atoms. The lowest BCUT2D eigenvalue weighted by atomic mass is 10.0. The Kier molecular flexibility index (Phi) is 6.38. The van der Waals surface area contributed by atoms with Gasteiger partial charge in [-0.25, -0.2) is 0 Å². The summed E-state index contributed by atoms with van der Waals surface area (Å²) < 4.78 is 0. The molecule has 0 amide bonds. The lowest BCUT2D eigenvalue weighted by Crippen LogP contribution is -2.27. The highest BCUT2D eigenvalue weighted by Crippen LogP contribution is 2.20. The van der Waals surface area contributed by atoms with E-state index in [0.29, 0.717) is 0 Å². The Morgan fingerprint density at radius 3 is 2.67 bits per heavy atom. The molecule has 112 valence electrons. The van der Waals surface area contributed by atoms with Crippen molar-refractivity contribution in [3.63, 3.8) is 0 Å². The van der Waals surface area contributed by atoms with Gasteiger partial charge in [0.05, 0.1) is 6.61 Å². The van der Waals surface area contributed by atoms with Crippen molar-refractivity contribution in [2.24, 2.45) is 0 Å². The van der Waals surface area contributed by atoms with Gasteiger partial charge in [-0.05, 0) is 41.8 Å². The van der Waals surface area contributed by atoms with E-state index in [1.165, 1.54) is 24.0 Å². The smallest absolute Gasteiger partial charge is 0.0558 e. The molecule has 0 unspecified atom stereocenters. The second-order valence-corrected chi connectivity index (χ2v) is 5.30. The fourth-order valence-corrected chi connectivity index (χ4v) is 2.43. The van der Waals surface area contributed by atoms with E-state index in [1.807, 2.05) is 12.3 Å². The molecule has 3 heteroatoms. The van der Waals surface area contributed by atoms with Crippen LogP contribution in [0.4, 0.5) is 0 Å². The fourth-order valence-electron chi connectivity index (χ4n) is 2.43. The molecule has 0 spiro atoms. The van der Waals surface area contributed by atoms with Gasteiger partial charge in [0.25, 0.3) is 0 Å². The minimum Gasteiger partial charge on any atom is -0.395 e. The predicted molar refractivity (Wildman–Crippen MR) is 86.9 cm³/mol. The van der Waals surface area contributed by atoms with E-state index in [0.717, 1.165) is 25.2 Å². The van der Waals surface area contributed by atoms with Crippen LogP contribution in [0.15, 0.2) is 48.8 Å². The van der Waals surface area contributed by atoms with Gasteiger partial charge in [0, 0.05) is 25.5 Å². The zero-order valence-corrected chi connectivity index (χ0v) is 12.7. The number of hydrogen-bond donors (Lipinski definition) is 1. The minimum absolute atomic E-state index is 0.214. The van der Waals surface area contributed by atoms with Crippen molar-refractivity contribution in [3.8, 4) is 11.1 Å². The third-order valence-corrected chi connectivity index (χ3v) is 3.57. The minimum atomic E-state index is 0.214. The van der Waals surface area contributed by atoms with Crippen molar-refractivity contribution in [1.29, 1.82) is 0 Å². The first-order chi connectivity index (χ1) is 10.3. The van der Waals surface area contributed by atoms with Gasteiger partial charge in [-0.1, -0.05) is 37.6 Å². The Morgan fingerprint density at radius 2 is 1.95 bits per heavy atom.